The first-order valence-electron chi connectivity index (χ1n) is 8.79. The van der Waals surface area contributed by atoms with Crippen LogP contribution < -0.4 is 10.6 Å². The average Bonchev–Trinajstić information content (AvgIpc) is 2.94. The molecule has 134 valence electrons. The summed E-state index contributed by atoms with van der Waals surface area (Å²) in [6.07, 6.45) is 7.59. The van der Waals surface area contributed by atoms with Crippen molar-refractivity contribution < 1.29 is 9.90 Å². The van der Waals surface area contributed by atoms with Crippen LogP contribution in [0.3, 0.4) is 0 Å². The van der Waals surface area contributed by atoms with E-state index < -0.39 is 5.60 Å². The molecule has 0 saturated carbocycles. The molecule has 0 aliphatic heterocycles. The Kier molecular flexibility index (Phi) is 5.08. The van der Waals surface area contributed by atoms with Crippen molar-refractivity contribution in [3.63, 3.8) is 0 Å². The van der Waals surface area contributed by atoms with E-state index in [9.17, 15) is 9.90 Å². The maximum Gasteiger partial charge on any atom is 0.315 e. The van der Waals surface area contributed by atoms with Crippen LogP contribution in [0.1, 0.15) is 48.9 Å². The van der Waals surface area contributed by atoms with Crippen LogP contribution in [0.5, 0.6) is 0 Å². The lowest BCUT2D eigenvalue weighted by Gasteiger charge is -2.24. The lowest BCUT2D eigenvalue weighted by molar-refractivity contribution is 0.0591. The largest absolute Gasteiger partial charge is 0.383 e. The van der Waals surface area contributed by atoms with Crippen LogP contribution in [0.2, 0.25) is 0 Å². The summed E-state index contributed by atoms with van der Waals surface area (Å²) in [5.41, 5.74) is 2.03. The van der Waals surface area contributed by atoms with Gasteiger partial charge in [0.1, 0.15) is 5.60 Å². The molecule has 2 aromatic rings. The number of carbonyl (C=O) groups excluding carboxylic acids is 1. The fourth-order valence-electron chi connectivity index (χ4n) is 3.33. The number of benzene rings is 1. The second kappa shape index (κ2) is 7.27. The SMILES string of the molecule is Cn1cc(C(C)(O)CNC(=O)NC2CCCCc3ccccc32)cn1. The molecule has 2 amide bonds. The molecule has 1 aromatic carbocycles. The first kappa shape index (κ1) is 17.5. The first-order valence-corrected chi connectivity index (χ1v) is 8.79. The van der Waals surface area contributed by atoms with E-state index in [1.165, 1.54) is 11.1 Å². The van der Waals surface area contributed by atoms with Crippen molar-refractivity contribution in [1.82, 2.24) is 20.4 Å². The van der Waals surface area contributed by atoms with Gasteiger partial charge >= 0.3 is 6.03 Å². The molecule has 0 bridgehead atoms. The molecule has 0 radical (unpaired) electrons. The zero-order valence-electron chi connectivity index (χ0n) is 14.8. The van der Waals surface area contributed by atoms with E-state index in [2.05, 4.69) is 27.9 Å². The third kappa shape index (κ3) is 4.20. The summed E-state index contributed by atoms with van der Waals surface area (Å²) in [6, 6.07) is 8.06. The monoisotopic (exact) mass is 342 g/mol. The molecule has 0 spiro atoms. The van der Waals surface area contributed by atoms with Crippen molar-refractivity contribution >= 4 is 6.03 Å². The maximum atomic E-state index is 12.4. The van der Waals surface area contributed by atoms with Gasteiger partial charge in [0, 0.05) is 18.8 Å². The highest BCUT2D eigenvalue weighted by molar-refractivity contribution is 5.74. The van der Waals surface area contributed by atoms with Crippen molar-refractivity contribution in [3.05, 3.63) is 53.3 Å². The molecule has 1 aliphatic rings. The molecule has 0 saturated heterocycles. The van der Waals surface area contributed by atoms with E-state index >= 15 is 0 Å². The van der Waals surface area contributed by atoms with Crippen molar-refractivity contribution in [3.8, 4) is 0 Å². The molecule has 2 unspecified atom stereocenters. The van der Waals surface area contributed by atoms with E-state index in [1.807, 2.05) is 12.1 Å². The normalized spacial score (nSPS) is 19.4. The Labute approximate surface area is 148 Å². The molecule has 3 rings (SSSR count). The topological polar surface area (TPSA) is 79.2 Å². The van der Waals surface area contributed by atoms with Crippen molar-refractivity contribution in [2.45, 2.75) is 44.2 Å². The summed E-state index contributed by atoms with van der Waals surface area (Å²) in [6.45, 7) is 1.80. The van der Waals surface area contributed by atoms with Gasteiger partial charge in [-0.05, 0) is 37.3 Å². The highest BCUT2D eigenvalue weighted by Gasteiger charge is 2.26. The molecule has 1 aliphatic carbocycles. The number of aryl methyl sites for hydroxylation is 2. The van der Waals surface area contributed by atoms with Crippen LogP contribution in [0, 0.1) is 0 Å². The van der Waals surface area contributed by atoms with Gasteiger partial charge in [0.2, 0.25) is 0 Å². The predicted molar refractivity (Wildman–Crippen MR) is 96.1 cm³/mol. The molecular weight excluding hydrogens is 316 g/mol. The Morgan fingerprint density at radius 1 is 1.40 bits per heavy atom. The van der Waals surface area contributed by atoms with Gasteiger partial charge in [-0.15, -0.1) is 0 Å². The Bertz CT molecular complexity index is 739. The summed E-state index contributed by atoms with van der Waals surface area (Å²) < 4.78 is 1.63. The Morgan fingerprint density at radius 2 is 2.20 bits per heavy atom. The smallest absolute Gasteiger partial charge is 0.315 e. The van der Waals surface area contributed by atoms with Gasteiger partial charge < -0.3 is 15.7 Å². The Balaban J connectivity index is 1.61. The number of aromatic nitrogens is 2. The number of carbonyl (C=O) groups is 1. The number of fused-ring (bicyclic) bond motifs is 1. The minimum absolute atomic E-state index is 0.0158. The fourth-order valence-corrected chi connectivity index (χ4v) is 3.33. The Morgan fingerprint density at radius 3 is 2.96 bits per heavy atom. The summed E-state index contributed by atoms with van der Waals surface area (Å²) in [4.78, 5) is 12.4. The lowest BCUT2D eigenvalue weighted by atomic mass is 9.99. The highest BCUT2D eigenvalue weighted by Crippen LogP contribution is 2.28. The second-order valence-corrected chi connectivity index (χ2v) is 7.00. The molecule has 6 heteroatoms. The van der Waals surface area contributed by atoms with Crippen LogP contribution in [0.4, 0.5) is 4.79 Å². The van der Waals surface area contributed by atoms with Crippen molar-refractivity contribution in [2.24, 2.45) is 7.05 Å². The molecule has 1 heterocycles. The fraction of sp³-hybridized carbons (Fsp3) is 0.474. The van der Waals surface area contributed by atoms with E-state index in [-0.39, 0.29) is 18.6 Å². The molecule has 6 nitrogen and oxygen atoms in total. The van der Waals surface area contributed by atoms with Gasteiger partial charge in [-0.1, -0.05) is 30.7 Å². The average molecular weight is 342 g/mol. The molecular formula is C19H26N4O2. The standard InChI is InChI=1S/C19H26N4O2/c1-19(25,15-11-21-23(2)12-15)13-20-18(24)22-17-10-6-4-8-14-7-3-5-9-16(14)17/h3,5,7,9,11-12,17,25H,4,6,8,10,13H2,1-2H3,(H2,20,22,24). The van der Waals surface area contributed by atoms with Gasteiger partial charge in [0.15, 0.2) is 0 Å². The van der Waals surface area contributed by atoms with Crippen molar-refractivity contribution in [2.75, 3.05) is 6.54 Å². The lowest BCUT2D eigenvalue weighted by Crippen LogP contribution is -2.44. The molecule has 3 N–H and O–H groups in total. The third-order valence-corrected chi connectivity index (χ3v) is 4.84. The van der Waals surface area contributed by atoms with Crippen LogP contribution in [0.15, 0.2) is 36.7 Å². The van der Waals surface area contributed by atoms with Gasteiger partial charge in [-0.2, -0.15) is 5.10 Å². The van der Waals surface area contributed by atoms with Crippen LogP contribution in [0.25, 0.3) is 0 Å². The zero-order valence-corrected chi connectivity index (χ0v) is 14.8. The van der Waals surface area contributed by atoms with E-state index in [0.717, 1.165) is 25.7 Å². The number of aliphatic hydroxyl groups is 1. The number of hydrogen-bond donors (Lipinski definition) is 3. The number of urea groups is 1. The zero-order chi connectivity index (χ0) is 17.9. The Hall–Kier alpha value is -2.34. The molecule has 2 atom stereocenters. The van der Waals surface area contributed by atoms with Crippen LogP contribution >= 0.6 is 0 Å². The highest BCUT2D eigenvalue weighted by atomic mass is 16.3. The predicted octanol–water partition coefficient (Wildman–Crippen LogP) is 2.39. The third-order valence-electron chi connectivity index (χ3n) is 4.84. The quantitative estimate of drug-likeness (QED) is 0.747. The minimum Gasteiger partial charge on any atom is -0.383 e. The minimum atomic E-state index is -1.16. The summed E-state index contributed by atoms with van der Waals surface area (Å²) in [5.74, 6) is 0. The number of amides is 2. The summed E-state index contributed by atoms with van der Waals surface area (Å²) in [7, 11) is 1.79. The number of nitrogens with one attached hydrogen (secondary N) is 2. The van der Waals surface area contributed by atoms with Gasteiger partial charge in [0.25, 0.3) is 0 Å². The second-order valence-electron chi connectivity index (χ2n) is 7.00. The van der Waals surface area contributed by atoms with E-state index in [4.69, 9.17) is 0 Å². The van der Waals surface area contributed by atoms with Crippen molar-refractivity contribution in [1.29, 1.82) is 0 Å². The van der Waals surface area contributed by atoms with Gasteiger partial charge in [-0.25, -0.2) is 4.79 Å². The van der Waals surface area contributed by atoms with Gasteiger partial charge in [-0.3, -0.25) is 4.68 Å². The van der Waals surface area contributed by atoms with Crippen LogP contribution in [-0.2, 0) is 19.1 Å². The summed E-state index contributed by atoms with van der Waals surface area (Å²) >= 11 is 0. The number of nitrogens with zero attached hydrogens (tertiary/aromatic N) is 2. The first-order chi connectivity index (χ1) is 12.0. The van der Waals surface area contributed by atoms with E-state index in [1.54, 1.807) is 31.0 Å². The molecule has 1 aromatic heterocycles. The summed E-state index contributed by atoms with van der Waals surface area (Å²) in [5, 5.41) is 20.5. The van der Waals surface area contributed by atoms with Gasteiger partial charge in [0.05, 0.1) is 18.8 Å². The molecule has 0 fully saturated rings. The van der Waals surface area contributed by atoms with E-state index in [0.29, 0.717) is 5.56 Å². The van der Waals surface area contributed by atoms with Crippen LogP contribution in [-0.4, -0.2) is 27.5 Å². The number of hydrogen-bond acceptors (Lipinski definition) is 3. The number of rotatable bonds is 4. The maximum absolute atomic E-state index is 12.4. The molecule has 25 heavy (non-hydrogen) atoms.